The van der Waals surface area contributed by atoms with Crippen molar-refractivity contribution in [2.75, 3.05) is 16.5 Å². The molecule has 0 bridgehead atoms. The van der Waals surface area contributed by atoms with E-state index in [1.54, 1.807) is 0 Å². The highest BCUT2D eigenvalue weighted by Gasteiger charge is 2.29. The summed E-state index contributed by atoms with van der Waals surface area (Å²) in [5.74, 6) is 3.33. The number of ether oxygens (including phenoxy) is 1. The first kappa shape index (κ1) is 31.1. The zero-order valence-electron chi connectivity index (χ0n) is 29.9. The molecule has 0 unspecified atom stereocenters. The Kier molecular flexibility index (Phi) is 7.02. The molecule has 1 aliphatic heterocycles. The summed E-state index contributed by atoms with van der Waals surface area (Å²) < 4.78 is 8.89. The van der Waals surface area contributed by atoms with Crippen LogP contribution < -0.4 is 14.5 Å². The van der Waals surface area contributed by atoms with Gasteiger partial charge in [-0.2, -0.15) is 0 Å². The molecule has 4 heterocycles. The van der Waals surface area contributed by atoms with E-state index in [1.165, 1.54) is 32.5 Å². The molecule has 1 aliphatic rings. The fraction of sp³-hybridized carbons (Fsp3) is 0.106. The summed E-state index contributed by atoms with van der Waals surface area (Å²) in [5, 5.41) is 7.34. The van der Waals surface area contributed by atoms with Gasteiger partial charge in [0.2, 0.25) is 0 Å². The van der Waals surface area contributed by atoms with E-state index in [0.29, 0.717) is 6.67 Å². The van der Waals surface area contributed by atoms with E-state index < -0.39 is 0 Å². The van der Waals surface area contributed by atoms with Crippen LogP contribution in [-0.4, -0.2) is 21.2 Å². The molecule has 0 aliphatic carbocycles. The molecular formula is C47H37N5O. The minimum absolute atomic E-state index is 0.00293. The highest BCUT2D eigenvalue weighted by atomic mass is 16.5. The Labute approximate surface area is 308 Å². The van der Waals surface area contributed by atoms with Gasteiger partial charge in [0.05, 0.1) is 16.7 Å². The lowest BCUT2D eigenvalue weighted by Crippen LogP contribution is -2.24. The SMILES string of the molecule is CC(C)(C)c1ccnc(-n2c3ccccc3c3ccc(Oc4cccc(N5CN(c6ccc7c(ccc8ccccc87)c6)c6cccnc65)c4)cc32)c1. The average molecular weight is 688 g/mol. The Morgan fingerprint density at radius 2 is 1.28 bits per heavy atom. The van der Waals surface area contributed by atoms with E-state index in [2.05, 4.69) is 169 Å². The molecule has 0 saturated heterocycles. The number of aromatic nitrogens is 3. The van der Waals surface area contributed by atoms with Gasteiger partial charge in [0, 0.05) is 46.7 Å². The van der Waals surface area contributed by atoms with Gasteiger partial charge in [-0.1, -0.05) is 87.5 Å². The molecule has 0 spiro atoms. The van der Waals surface area contributed by atoms with Crippen LogP contribution in [0.25, 0.3) is 49.2 Å². The van der Waals surface area contributed by atoms with Gasteiger partial charge < -0.3 is 14.5 Å². The largest absolute Gasteiger partial charge is 0.457 e. The molecule has 0 amide bonds. The maximum atomic E-state index is 6.64. The van der Waals surface area contributed by atoms with E-state index in [0.717, 1.165) is 56.6 Å². The number of rotatable bonds is 5. The molecule has 256 valence electrons. The van der Waals surface area contributed by atoms with Gasteiger partial charge in [-0.25, -0.2) is 9.97 Å². The summed E-state index contributed by atoms with van der Waals surface area (Å²) in [6.07, 6.45) is 3.78. The van der Waals surface area contributed by atoms with Crippen LogP contribution in [0.2, 0.25) is 0 Å². The molecular weight excluding hydrogens is 651 g/mol. The summed E-state index contributed by atoms with van der Waals surface area (Å²) in [5.41, 5.74) is 6.62. The normalized spacial score (nSPS) is 13.0. The third-order valence-corrected chi connectivity index (χ3v) is 10.5. The van der Waals surface area contributed by atoms with Crippen molar-refractivity contribution in [1.82, 2.24) is 14.5 Å². The minimum atomic E-state index is 0.00293. The van der Waals surface area contributed by atoms with E-state index in [-0.39, 0.29) is 5.41 Å². The van der Waals surface area contributed by atoms with Gasteiger partial charge in [0.1, 0.15) is 24.0 Å². The highest BCUT2D eigenvalue weighted by Crippen LogP contribution is 2.44. The number of para-hydroxylation sites is 1. The Bertz CT molecular complexity index is 2870. The summed E-state index contributed by atoms with van der Waals surface area (Å²) in [6, 6.07) is 51.4. The lowest BCUT2D eigenvalue weighted by atomic mass is 9.88. The monoisotopic (exact) mass is 687 g/mol. The molecule has 6 heteroatoms. The Balaban J connectivity index is 0.994. The molecule has 0 N–H and O–H groups in total. The first-order chi connectivity index (χ1) is 25.9. The lowest BCUT2D eigenvalue weighted by molar-refractivity contribution is 0.483. The number of hydrogen-bond donors (Lipinski definition) is 0. The second-order valence-electron chi connectivity index (χ2n) is 14.8. The quantitative estimate of drug-likeness (QED) is 0.169. The molecule has 0 saturated carbocycles. The first-order valence-corrected chi connectivity index (χ1v) is 18.1. The van der Waals surface area contributed by atoms with Gasteiger partial charge in [0.15, 0.2) is 5.82 Å². The van der Waals surface area contributed by atoms with Crippen molar-refractivity contribution < 1.29 is 4.74 Å². The fourth-order valence-corrected chi connectivity index (χ4v) is 7.80. The molecule has 9 aromatic rings. The smallest absolute Gasteiger partial charge is 0.158 e. The van der Waals surface area contributed by atoms with Crippen molar-refractivity contribution in [3.63, 3.8) is 0 Å². The van der Waals surface area contributed by atoms with Gasteiger partial charge in [-0.3, -0.25) is 4.57 Å². The lowest BCUT2D eigenvalue weighted by Gasteiger charge is -2.22. The second-order valence-corrected chi connectivity index (χ2v) is 14.8. The number of anilines is 4. The van der Waals surface area contributed by atoms with Crippen LogP contribution in [0.15, 0.2) is 158 Å². The molecule has 6 nitrogen and oxygen atoms in total. The van der Waals surface area contributed by atoms with Gasteiger partial charge >= 0.3 is 0 Å². The van der Waals surface area contributed by atoms with Gasteiger partial charge in [-0.15, -0.1) is 0 Å². The summed E-state index contributed by atoms with van der Waals surface area (Å²) >= 11 is 0. The van der Waals surface area contributed by atoms with E-state index in [4.69, 9.17) is 14.7 Å². The van der Waals surface area contributed by atoms with Gasteiger partial charge in [0.25, 0.3) is 0 Å². The van der Waals surface area contributed by atoms with Crippen LogP contribution in [0, 0.1) is 0 Å². The van der Waals surface area contributed by atoms with E-state index >= 15 is 0 Å². The zero-order chi connectivity index (χ0) is 35.7. The van der Waals surface area contributed by atoms with Crippen LogP contribution in [0.1, 0.15) is 26.3 Å². The van der Waals surface area contributed by atoms with E-state index in [9.17, 15) is 0 Å². The second kappa shape index (κ2) is 12.0. The minimum Gasteiger partial charge on any atom is -0.457 e. The molecule has 0 radical (unpaired) electrons. The fourth-order valence-electron chi connectivity index (χ4n) is 7.80. The molecule has 53 heavy (non-hydrogen) atoms. The summed E-state index contributed by atoms with van der Waals surface area (Å²) in [4.78, 5) is 14.3. The maximum absolute atomic E-state index is 6.64. The summed E-state index contributed by atoms with van der Waals surface area (Å²) in [6.45, 7) is 7.33. The maximum Gasteiger partial charge on any atom is 0.158 e. The third-order valence-electron chi connectivity index (χ3n) is 10.5. The summed E-state index contributed by atoms with van der Waals surface area (Å²) in [7, 11) is 0. The van der Waals surface area contributed by atoms with Crippen molar-refractivity contribution in [3.05, 3.63) is 164 Å². The Hall–Kier alpha value is -6.66. The van der Waals surface area contributed by atoms with Crippen molar-refractivity contribution in [2.24, 2.45) is 0 Å². The average Bonchev–Trinajstić information content (AvgIpc) is 3.74. The topological polar surface area (TPSA) is 46.4 Å². The van der Waals surface area contributed by atoms with Crippen LogP contribution >= 0.6 is 0 Å². The van der Waals surface area contributed by atoms with Crippen LogP contribution in [0.5, 0.6) is 11.5 Å². The molecule has 3 aromatic heterocycles. The third kappa shape index (κ3) is 5.25. The highest BCUT2D eigenvalue weighted by molar-refractivity contribution is 6.10. The molecule has 0 atom stereocenters. The van der Waals surface area contributed by atoms with Crippen molar-refractivity contribution >= 4 is 66.2 Å². The molecule has 10 rings (SSSR count). The Morgan fingerprint density at radius 1 is 0.528 bits per heavy atom. The molecule has 0 fully saturated rings. The number of pyridine rings is 2. The molecule has 6 aromatic carbocycles. The van der Waals surface area contributed by atoms with Crippen LogP contribution in [0.3, 0.4) is 0 Å². The predicted molar refractivity (Wildman–Crippen MR) is 219 cm³/mol. The van der Waals surface area contributed by atoms with Crippen molar-refractivity contribution in [3.8, 4) is 17.3 Å². The number of hydrogen-bond acceptors (Lipinski definition) is 5. The predicted octanol–water partition coefficient (Wildman–Crippen LogP) is 12.2. The van der Waals surface area contributed by atoms with Crippen molar-refractivity contribution in [2.45, 2.75) is 26.2 Å². The number of nitrogens with zero attached hydrogens (tertiary/aromatic N) is 5. The Morgan fingerprint density at radius 3 is 2.19 bits per heavy atom. The zero-order valence-corrected chi connectivity index (χ0v) is 29.9. The number of fused-ring (bicyclic) bond motifs is 7. The first-order valence-electron chi connectivity index (χ1n) is 18.1. The number of benzene rings is 6. The van der Waals surface area contributed by atoms with Crippen LogP contribution in [-0.2, 0) is 5.41 Å². The van der Waals surface area contributed by atoms with Gasteiger partial charge in [-0.05, 0) is 99.3 Å². The standard InChI is InChI=1S/C47H37N5O/c1-47(2,3)33-23-25-48-45(27-33)52-42-15-7-6-14-40(42)41-22-20-37(29-44(41)52)53-36-12-8-11-34(28-36)51-30-50(43-16-9-24-49-46(43)51)35-19-21-39-32(26-35)18-17-31-10-4-5-13-38(31)39/h4-29H,30H2,1-3H3. The van der Waals surface area contributed by atoms with Crippen molar-refractivity contribution in [1.29, 1.82) is 0 Å². The van der Waals surface area contributed by atoms with E-state index in [1.807, 2.05) is 24.5 Å². The van der Waals surface area contributed by atoms with Crippen LogP contribution in [0.4, 0.5) is 22.9 Å².